The number of carbonyl (C=O) groups is 1. The van der Waals surface area contributed by atoms with E-state index in [0.29, 0.717) is 12.6 Å². The molecular formula is C11H17NO2S. The predicted molar refractivity (Wildman–Crippen MR) is 62.4 cm³/mol. The Labute approximate surface area is 94.3 Å². The molecule has 1 rings (SSSR count). The zero-order valence-electron chi connectivity index (χ0n) is 9.36. The van der Waals surface area contributed by atoms with E-state index in [-0.39, 0.29) is 6.42 Å². The maximum absolute atomic E-state index is 10.5. The normalized spacial score (nSPS) is 13.1. The quantitative estimate of drug-likeness (QED) is 0.840. The number of hydrogen-bond donors (Lipinski definition) is 1. The lowest BCUT2D eigenvalue weighted by atomic mass is 10.1. The van der Waals surface area contributed by atoms with E-state index in [2.05, 4.69) is 30.2 Å². The molecule has 15 heavy (non-hydrogen) atoms. The first-order chi connectivity index (χ1) is 7.02. The number of aryl methyl sites for hydroxylation is 1. The molecule has 0 radical (unpaired) electrons. The van der Waals surface area contributed by atoms with Crippen molar-refractivity contribution in [2.45, 2.75) is 26.3 Å². The van der Waals surface area contributed by atoms with Crippen molar-refractivity contribution < 1.29 is 9.90 Å². The minimum absolute atomic E-state index is 0.200. The SMILES string of the molecule is Cc1ccsc1C(C)N(C)CCC(=O)O. The molecule has 84 valence electrons. The van der Waals surface area contributed by atoms with Crippen LogP contribution in [0.3, 0.4) is 0 Å². The third-order valence-corrected chi connectivity index (χ3v) is 3.81. The molecule has 0 fully saturated rings. The third-order valence-electron chi connectivity index (χ3n) is 2.62. The molecular weight excluding hydrogens is 210 g/mol. The summed E-state index contributed by atoms with van der Waals surface area (Å²) in [5.74, 6) is -0.739. The smallest absolute Gasteiger partial charge is 0.304 e. The Morgan fingerprint density at radius 2 is 2.33 bits per heavy atom. The summed E-state index contributed by atoms with van der Waals surface area (Å²) in [5.41, 5.74) is 1.29. The fourth-order valence-electron chi connectivity index (χ4n) is 1.48. The molecule has 3 nitrogen and oxygen atoms in total. The highest BCUT2D eigenvalue weighted by Crippen LogP contribution is 2.27. The second-order valence-electron chi connectivity index (χ2n) is 3.77. The number of hydrogen-bond acceptors (Lipinski definition) is 3. The number of nitrogens with zero attached hydrogens (tertiary/aromatic N) is 1. The van der Waals surface area contributed by atoms with Crippen molar-refractivity contribution in [1.82, 2.24) is 4.90 Å². The van der Waals surface area contributed by atoms with Gasteiger partial charge >= 0.3 is 5.97 Å². The molecule has 1 atom stereocenters. The van der Waals surface area contributed by atoms with Crippen LogP contribution in [0.5, 0.6) is 0 Å². The van der Waals surface area contributed by atoms with Gasteiger partial charge < -0.3 is 5.11 Å². The summed E-state index contributed by atoms with van der Waals surface area (Å²) in [6, 6.07) is 2.39. The first-order valence-electron chi connectivity index (χ1n) is 4.98. The van der Waals surface area contributed by atoms with Crippen molar-refractivity contribution in [1.29, 1.82) is 0 Å². The predicted octanol–water partition coefficient (Wildman–Crippen LogP) is 2.52. The Morgan fingerprint density at radius 1 is 1.67 bits per heavy atom. The number of thiophene rings is 1. The van der Waals surface area contributed by atoms with Gasteiger partial charge in [-0.05, 0) is 37.9 Å². The maximum atomic E-state index is 10.5. The number of rotatable bonds is 5. The largest absolute Gasteiger partial charge is 0.481 e. The highest BCUT2D eigenvalue weighted by Gasteiger charge is 2.15. The molecule has 0 bridgehead atoms. The van der Waals surface area contributed by atoms with Gasteiger partial charge in [0, 0.05) is 17.5 Å². The molecule has 0 saturated heterocycles. The highest BCUT2D eigenvalue weighted by molar-refractivity contribution is 7.10. The fraction of sp³-hybridized carbons (Fsp3) is 0.545. The molecule has 0 amide bonds. The summed E-state index contributed by atoms with van der Waals surface area (Å²) in [6.45, 7) is 4.79. The Bertz CT molecular complexity index is 335. The minimum atomic E-state index is -0.739. The van der Waals surface area contributed by atoms with E-state index in [9.17, 15) is 4.79 Å². The van der Waals surface area contributed by atoms with Crippen LogP contribution >= 0.6 is 11.3 Å². The zero-order valence-corrected chi connectivity index (χ0v) is 10.2. The zero-order chi connectivity index (χ0) is 11.4. The van der Waals surface area contributed by atoms with E-state index >= 15 is 0 Å². The second-order valence-corrected chi connectivity index (χ2v) is 4.72. The van der Waals surface area contributed by atoms with Crippen molar-refractivity contribution in [3.8, 4) is 0 Å². The molecule has 1 aromatic heterocycles. The maximum Gasteiger partial charge on any atom is 0.304 e. The van der Waals surface area contributed by atoms with Gasteiger partial charge in [0.15, 0.2) is 0 Å². The number of aliphatic carboxylic acids is 1. The molecule has 0 spiro atoms. The van der Waals surface area contributed by atoms with Gasteiger partial charge in [-0.1, -0.05) is 0 Å². The van der Waals surface area contributed by atoms with Gasteiger partial charge in [0.1, 0.15) is 0 Å². The van der Waals surface area contributed by atoms with Crippen LogP contribution in [0.15, 0.2) is 11.4 Å². The van der Waals surface area contributed by atoms with Crippen LogP contribution in [0.4, 0.5) is 0 Å². The molecule has 0 aromatic carbocycles. The monoisotopic (exact) mass is 227 g/mol. The molecule has 0 aliphatic rings. The van der Waals surface area contributed by atoms with Crippen molar-refractivity contribution in [2.75, 3.05) is 13.6 Å². The molecule has 1 N–H and O–H groups in total. The average Bonchev–Trinajstić information content (AvgIpc) is 2.59. The van der Waals surface area contributed by atoms with E-state index in [1.165, 1.54) is 10.4 Å². The first kappa shape index (κ1) is 12.2. The molecule has 1 unspecified atom stereocenters. The van der Waals surface area contributed by atoms with E-state index in [4.69, 9.17) is 5.11 Å². The van der Waals surface area contributed by atoms with Crippen molar-refractivity contribution >= 4 is 17.3 Å². The van der Waals surface area contributed by atoms with Crippen molar-refractivity contribution in [2.24, 2.45) is 0 Å². The van der Waals surface area contributed by atoms with Crippen molar-refractivity contribution in [3.05, 3.63) is 21.9 Å². The Hall–Kier alpha value is -0.870. The van der Waals surface area contributed by atoms with Gasteiger partial charge in [-0.2, -0.15) is 0 Å². The third kappa shape index (κ3) is 3.32. The Balaban J connectivity index is 2.57. The van der Waals surface area contributed by atoms with Crippen LogP contribution in [-0.4, -0.2) is 29.6 Å². The standard InChI is InChI=1S/C11H17NO2S/c1-8-5-7-15-11(8)9(2)12(3)6-4-10(13)14/h5,7,9H,4,6H2,1-3H3,(H,13,14). The minimum Gasteiger partial charge on any atom is -0.481 e. The second kappa shape index (κ2) is 5.28. The van der Waals surface area contributed by atoms with Crippen LogP contribution in [0.25, 0.3) is 0 Å². The van der Waals surface area contributed by atoms with Crippen LogP contribution in [0.1, 0.15) is 29.8 Å². The van der Waals surface area contributed by atoms with Gasteiger partial charge in [-0.15, -0.1) is 11.3 Å². The first-order valence-corrected chi connectivity index (χ1v) is 5.86. The Kier molecular flexibility index (Phi) is 4.29. The van der Waals surface area contributed by atoms with Gasteiger partial charge in [-0.3, -0.25) is 9.69 Å². The number of carboxylic acids is 1. The molecule has 1 heterocycles. The van der Waals surface area contributed by atoms with Crippen LogP contribution in [0, 0.1) is 6.92 Å². The summed E-state index contributed by atoms with van der Waals surface area (Å²) in [5, 5.41) is 10.7. The molecule has 0 aliphatic heterocycles. The van der Waals surface area contributed by atoms with Gasteiger partial charge in [0.25, 0.3) is 0 Å². The summed E-state index contributed by atoms with van der Waals surface area (Å²) < 4.78 is 0. The van der Waals surface area contributed by atoms with Crippen LogP contribution in [-0.2, 0) is 4.79 Å². The molecule has 0 saturated carbocycles. The summed E-state index contributed by atoms with van der Waals surface area (Å²) in [4.78, 5) is 13.9. The lowest BCUT2D eigenvalue weighted by Gasteiger charge is -2.23. The lowest BCUT2D eigenvalue weighted by molar-refractivity contribution is -0.137. The fourth-order valence-corrected chi connectivity index (χ4v) is 2.53. The van der Waals surface area contributed by atoms with E-state index in [1.54, 1.807) is 11.3 Å². The van der Waals surface area contributed by atoms with Crippen molar-refractivity contribution in [3.63, 3.8) is 0 Å². The average molecular weight is 227 g/mol. The van der Waals surface area contributed by atoms with E-state index in [0.717, 1.165) is 0 Å². The van der Waals surface area contributed by atoms with Gasteiger partial charge in [-0.25, -0.2) is 0 Å². The molecule has 1 aromatic rings. The van der Waals surface area contributed by atoms with E-state index < -0.39 is 5.97 Å². The molecule has 0 aliphatic carbocycles. The highest BCUT2D eigenvalue weighted by atomic mass is 32.1. The van der Waals surface area contributed by atoms with Crippen LogP contribution in [0.2, 0.25) is 0 Å². The lowest BCUT2D eigenvalue weighted by Crippen LogP contribution is -2.25. The summed E-state index contributed by atoms with van der Waals surface area (Å²) in [7, 11) is 1.97. The molecule has 4 heteroatoms. The van der Waals surface area contributed by atoms with Gasteiger partial charge in [0.2, 0.25) is 0 Å². The number of carboxylic acid groups (broad SMARTS) is 1. The summed E-state index contributed by atoms with van der Waals surface area (Å²) >= 11 is 1.73. The van der Waals surface area contributed by atoms with E-state index in [1.807, 2.05) is 7.05 Å². The Morgan fingerprint density at radius 3 is 2.80 bits per heavy atom. The van der Waals surface area contributed by atoms with Gasteiger partial charge in [0.05, 0.1) is 6.42 Å². The topological polar surface area (TPSA) is 40.5 Å². The van der Waals surface area contributed by atoms with Crippen LogP contribution < -0.4 is 0 Å². The summed E-state index contributed by atoms with van der Waals surface area (Å²) in [6.07, 6.45) is 0.200.